The SMILES string of the molecule is CCCOc1[c]cccc1OCCC. The van der Waals surface area contributed by atoms with Crippen molar-refractivity contribution in [1.29, 1.82) is 0 Å². The summed E-state index contributed by atoms with van der Waals surface area (Å²) in [6.45, 7) is 5.60. The van der Waals surface area contributed by atoms with Crippen LogP contribution in [0.5, 0.6) is 11.5 Å². The highest BCUT2D eigenvalue weighted by molar-refractivity contribution is 5.38. The van der Waals surface area contributed by atoms with E-state index in [0.717, 1.165) is 30.9 Å². The summed E-state index contributed by atoms with van der Waals surface area (Å²) in [5.74, 6) is 1.52. The summed E-state index contributed by atoms with van der Waals surface area (Å²) in [6.07, 6.45) is 2.00. The minimum Gasteiger partial charge on any atom is -0.490 e. The van der Waals surface area contributed by atoms with Crippen molar-refractivity contribution >= 4 is 0 Å². The second-order valence-corrected chi connectivity index (χ2v) is 3.06. The Bertz CT molecular complexity index is 231. The van der Waals surface area contributed by atoms with Crippen LogP contribution in [0, 0.1) is 6.07 Å². The molecular weight excluding hydrogens is 176 g/mol. The maximum atomic E-state index is 5.53. The van der Waals surface area contributed by atoms with Gasteiger partial charge in [0.15, 0.2) is 11.5 Å². The van der Waals surface area contributed by atoms with Gasteiger partial charge in [-0.15, -0.1) is 0 Å². The largest absolute Gasteiger partial charge is 0.490 e. The molecule has 1 rings (SSSR count). The Balaban J connectivity index is 2.60. The summed E-state index contributed by atoms with van der Waals surface area (Å²) in [5.41, 5.74) is 0. The van der Waals surface area contributed by atoms with E-state index in [4.69, 9.17) is 9.47 Å². The fraction of sp³-hybridized carbons (Fsp3) is 0.500. The lowest BCUT2D eigenvalue weighted by Gasteiger charge is -2.10. The standard InChI is InChI=1S/C12H17O2/c1-3-9-13-11-7-5-6-8-12(11)14-10-4-2/h5-7H,3-4,9-10H2,1-2H3. The van der Waals surface area contributed by atoms with Gasteiger partial charge in [0.05, 0.1) is 13.2 Å². The van der Waals surface area contributed by atoms with Crippen LogP contribution in [-0.2, 0) is 0 Å². The van der Waals surface area contributed by atoms with Gasteiger partial charge in [-0.05, 0) is 18.9 Å². The molecule has 0 N–H and O–H groups in total. The number of benzene rings is 1. The normalized spacial score (nSPS) is 9.86. The van der Waals surface area contributed by atoms with Gasteiger partial charge in [-0.3, -0.25) is 0 Å². The molecule has 0 aliphatic rings. The molecule has 0 aromatic heterocycles. The molecule has 77 valence electrons. The molecule has 0 saturated carbocycles. The Morgan fingerprint density at radius 1 is 1.14 bits per heavy atom. The van der Waals surface area contributed by atoms with E-state index in [1.807, 2.05) is 18.2 Å². The van der Waals surface area contributed by atoms with E-state index >= 15 is 0 Å². The van der Waals surface area contributed by atoms with Crippen LogP contribution in [0.2, 0.25) is 0 Å². The first-order valence-electron chi connectivity index (χ1n) is 5.14. The Hall–Kier alpha value is -1.18. The molecule has 0 unspecified atom stereocenters. The van der Waals surface area contributed by atoms with Crippen LogP contribution in [-0.4, -0.2) is 13.2 Å². The number of para-hydroxylation sites is 1. The second kappa shape index (κ2) is 6.30. The molecule has 0 saturated heterocycles. The van der Waals surface area contributed by atoms with Crippen LogP contribution in [0.25, 0.3) is 0 Å². The van der Waals surface area contributed by atoms with E-state index < -0.39 is 0 Å². The smallest absolute Gasteiger partial charge is 0.169 e. The van der Waals surface area contributed by atoms with Crippen molar-refractivity contribution in [3.05, 3.63) is 24.3 Å². The zero-order valence-corrected chi connectivity index (χ0v) is 8.88. The Kier molecular flexibility index (Phi) is 4.90. The summed E-state index contributed by atoms with van der Waals surface area (Å²) < 4.78 is 11.0. The zero-order chi connectivity index (χ0) is 10.2. The molecule has 14 heavy (non-hydrogen) atoms. The van der Waals surface area contributed by atoms with E-state index in [0.29, 0.717) is 6.61 Å². The average Bonchev–Trinajstić information content (AvgIpc) is 2.24. The molecule has 0 aliphatic heterocycles. The van der Waals surface area contributed by atoms with Gasteiger partial charge in [0.25, 0.3) is 0 Å². The van der Waals surface area contributed by atoms with Crippen molar-refractivity contribution in [3.8, 4) is 11.5 Å². The van der Waals surface area contributed by atoms with Gasteiger partial charge >= 0.3 is 0 Å². The van der Waals surface area contributed by atoms with Crippen molar-refractivity contribution in [1.82, 2.24) is 0 Å². The Morgan fingerprint density at radius 2 is 1.86 bits per heavy atom. The van der Waals surface area contributed by atoms with Crippen molar-refractivity contribution < 1.29 is 9.47 Å². The number of hydrogen-bond acceptors (Lipinski definition) is 2. The summed E-state index contributed by atoms with van der Waals surface area (Å²) in [5, 5.41) is 0. The molecule has 2 heteroatoms. The van der Waals surface area contributed by atoms with Gasteiger partial charge in [-0.1, -0.05) is 26.0 Å². The maximum Gasteiger partial charge on any atom is 0.169 e. The van der Waals surface area contributed by atoms with Crippen LogP contribution in [0.15, 0.2) is 18.2 Å². The molecule has 0 bridgehead atoms. The Morgan fingerprint density at radius 3 is 2.57 bits per heavy atom. The van der Waals surface area contributed by atoms with E-state index in [1.165, 1.54) is 0 Å². The summed E-state index contributed by atoms with van der Waals surface area (Å²) in [4.78, 5) is 0. The molecule has 0 aliphatic carbocycles. The summed E-state index contributed by atoms with van der Waals surface area (Å²) in [7, 11) is 0. The Labute approximate surface area is 85.8 Å². The highest BCUT2D eigenvalue weighted by Crippen LogP contribution is 2.25. The fourth-order valence-corrected chi connectivity index (χ4v) is 1.05. The number of rotatable bonds is 6. The molecule has 2 nitrogen and oxygen atoms in total. The first-order chi connectivity index (χ1) is 6.88. The van der Waals surface area contributed by atoms with E-state index in [2.05, 4.69) is 19.9 Å². The molecule has 0 heterocycles. The second-order valence-electron chi connectivity index (χ2n) is 3.06. The molecule has 0 fully saturated rings. The highest BCUT2D eigenvalue weighted by Gasteiger charge is 2.02. The first-order valence-corrected chi connectivity index (χ1v) is 5.14. The quantitative estimate of drug-likeness (QED) is 0.691. The van der Waals surface area contributed by atoms with E-state index in [-0.39, 0.29) is 0 Å². The molecule has 1 aromatic carbocycles. The third-order valence-electron chi connectivity index (χ3n) is 1.69. The van der Waals surface area contributed by atoms with Gasteiger partial charge in [0.1, 0.15) is 0 Å². The van der Waals surface area contributed by atoms with Crippen LogP contribution in [0.4, 0.5) is 0 Å². The van der Waals surface area contributed by atoms with Crippen molar-refractivity contribution in [2.24, 2.45) is 0 Å². The van der Waals surface area contributed by atoms with E-state index in [1.54, 1.807) is 0 Å². The van der Waals surface area contributed by atoms with Gasteiger partial charge < -0.3 is 9.47 Å². The molecule has 0 amide bonds. The van der Waals surface area contributed by atoms with Crippen LogP contribution in [0.3, 0.4) is 0 Å². The molecule has 0 spiro atoms. The molecule has 1 aromatic rings. The number of ether oxygens (including phenoxy) is 2. The predicted octanol–water partition coefficient (Wildman–Crippen LogP) is 3.06. The van der Waals surface area contributed by atoms with Gasteiger partial charge in [0.2, 0.25) is 0 Å². The minimum absolute atomic E-state index is 0.711. The molecular formula is C12H17O2. The van der Waals surface area contributed by atoms with Gasteiger partial charge in [0, 0.05) is 6.07 Å². The lowest BCUT2D eigenvalue weighted by molar-refractivity contribution is 0.268. The minimum atomic E-state index is 0.711. The molecule has 1 radical (unpaired) electrons. The van der Waals surface area contributed by atoms with Crippen LogP contribution in [0.1, 0.15) is 26.7 Å². The van der Waals surface area contributed by atoms with Gasteiger partial charge in [-0.25, -0.2) is 0 Å². The third kappa shape index (κ3) is 3.29. The number of hydrogen-bond donors (Lipinski definition) is 0. The highest BCUT2D eigenvalue weighted by atomic mass is 16.5. The van der Waals surface area contributed by atoms with Crippen LogP contribution >= 0.6 is 0 Å². The van der Waals surface area contributed by atoms with Crippen LogP contribution < -0.4 is 9.47 Å². The maximum absolute atomic E-state index is 5.53. The van der Waals surface area contributed by atoms with E-state index in [9.17, 15) is 0 Å². The summed E-state index contributed by atoms with van der Waals surface area (Å²) >= 11 is 0. The first kappa shape index (κ1) is 10.9. The third-order valence-corrected chi connectivity index (χ3v) is 1.69. The lowest BCUT2D eigenvalue weighted by atomic mass is 10.3. The van der Waals surface area contributed by atoms with Crippen molar-refractivity contribution in [3.63, 3.8) is 0 Å². The topological polar surface area (TPSA) is 18.5 Å². The van der Waals surface area contributed by atoms with Crippen molar-refractivity contribution in [2.75, 3.05) is 13.2 Å². The monoisotopic (exact) mass is 193 g/mol. The molecule has 0 atom stereocenters. The zero-order valence-electron chi connectivity index (χ0n) is 8.88. The lowest BCUT2D eigenvalue weighted by Crippen LogP contribution is -2.00. The van der Waals surface area contributed by atoms with Gasteiger partial charge in [-0.2, -0.15) is 0 Å². The average molecular weight is 193 g/mol. The van der Waals surface area contributed by atoms with Crippen molar-refractivity contribution in [2.45, 2.75) is 26.7 Å². The predicted molar refractivity (Wildman–Crippen MR) is 56.9 cm³/mol. The summed E-state index contributed by atoms with van der Waals surface area (Å²) in [6, 6.07) is 8.69. The fourth-order valence-electron chi connectivity index (χ4n) is 1.05.